The van der Waals surface area contributed by atoms with Gasteiger partial charge < -0.3 is 15.6 Å². The van der Waals surface area contributed by atoms with Crippen molar-refractivity contribution in [2.75, 3.05) is 11.9 Å². The number of fused-ring (bicyclic) bond motifs is 1. The van der Waals surface area contributed by atoms with E-state index in [-0.39, 0.29) is 11.5 Å². The number of H-pyrrole nitrogens is 1. The summed E-state index contributed by atoms with van der Waals surface area (Å²) in [5, 5.41) is 6.31. The zero-order valence-corrected chi connectivity index (χ0v) is 14.6. The predicted molar refractivity (Wildman–Crippen MR) is 99.8 cm³/mol. The molecule has 134 valence electrons. The standard InChI is InChI=1S/C20H20FN3O2/c1-12(2)11-22-20(26)18-10-13-9-14(7-8-17(13)24-18)23-19(25)15-5-3-4-6-16(15)21/h3-10,12,24H,11H2,1-2H3,(H,22,26)(H,23,25). The van der Waals surface area contributed by atoms with Gasteiger partial charge in [-0.15, -0.1) is 0 Å². The minimum Gasteiger partial charge on any atom is -0.351 e. The first-order chi connectivity index (χ1) is 12.4. The summed E-state index contributed by atoms with van der Waals surface area (Å²) in [6, 6.07) is 12.7. The van der Waals surface area contributed by atoms with Crippen molar-refractivity contribution in [3.63, 3.8) is 0 Å². The molecule has 0 fully saturated rings. The molecule has 0 unspecified atom stereocenters. The average molecular weight is 353 g/mol. The Bertz CT molecular complexity index is 963. The van der Waals surface area contributed by atoms with Crippen LogP contribution in [0.5, 0.6) is 0 Å². The van der Waals surface area contributed by atoms with Gasteiger partial charge in [0.25, 0.3) is 11.8 Å². The highest BCUT2D eigenvalue weighted by atomic mass is 19.1. The molecule has 3 aromatic rings. The van der Waals surface area contributed by atoms with Gasteiger partial charge in [0.2, 0.25) is 0 Å². The number of benzene rings is 2. The van der Waals surface area contributed by atoms with Crippen LogP contribution in [0.2, 0.25) is 0 Å². The molecule has 0 aliphatic heterocycles. The molecular weight excluding hydrogens is 333 g/mol. The smallest absolute Gasteiger partial charge is 0.267 e. The maximum Gasteiger partial charge on any atom is 0.267 e. The van der Waals surface area contributed by atoms with Crippen molar-refractivity contribution in [3.8, 4) is 0 Å². The van der Waals surface area contributed by atoms with Crippen LogP contribution >= 0.6 is 0 Å². The fourth-order valence-corrected chi connectivity index (χ4v) is 2.57. The highest BCUT2D eigenvalue weighted by molar-refractivity contribution is 6.05. The molecule has 0 atom stereocenters. The third-order valence-corrected chi connectivity index (χ3v) is 3.91. The van der Waals surface area contributed by atoms with Gasteiger partial charge in [0.15, 0.2) is 0 Å². The Morgan fingerprint density at radius 1 is 1.08 bits per heavy atom. The second-order valence-electron chi connectivity index (χ2n) is 6.52. The van der Waals surface area contributed by atoms with Gasteiger partial charge in [-0.2, -0.15) is 0 Å². The molecule has 1 aromatic heterocycles. The Labute approximate surface area is 150 Å². The van der Waals surface area contributed by atoms with Crippen molar-refractivity contribution < 1.29 is 14.0 Å². The van der Waals surface area contributed by atoms with Gasteiger partial charge in [0.05, 0.1) is 5.56 Å². The van der Waals surface area contributed by atoms with Gasteiger partial charge in [0.1, 0.15) is 11.5 Å². The van der Waals surface area contributed by atoms with Crippen LogP contribution in [-0.4, -0.2) is 23.3 Å². The third-order valence-electron chi connectivity index (χ3n) is 3.91. The Morgan fingerprint density at radius 3 is 2.58 bits per heavy atom. The van der Waals surface area contributed by atoms with Crippen LogP contribution in [0, 0.1) is 11.7 Å². The molecule has 0 aliphatic rings. The number of halogens is 1. The summed E-state index contributed by atoms with van der Waals surface area (Å²) < 4.78 is 13.7. The lowest BCUT2D eigenvalue weighted by atomic mass is 10.2. The minimum absolute atomic E-state index is 0.0181. The fraction of sp³-hybridized carbons (Fsp3) is 0.200. The lowest BCUT2D eigenvalue weighted by molar-refractivity contribution is 0.0944. The lowest BCUT2D eigenvalue weighted by Crippen LogP contribution is -2.27. The Kier molecular flexibility index (Phi) is 5.02. The molecule has 2 aromatic carbocycles. The fourth-order valence-electron chi connectivity index (χ4n) is 2.57. The number of hydrogen-bond acceptors (Lipinski definition) is 2. The zero-order valence-electron chi connectivity index (χ0n) is 14.6. The summed E-state index contributed by atoms with van der Waals surface area (Å²) in [5.41, 5.74) is 1.75. The van der Waals surface area contributed by atoms with Crippen LogP contribution in [0.3, 0.4) is 0 Å². The number of carbonyl (C=O) groups is 2. The van der Waals surface area contributed by atoms with Crippen LogP contribution in [0.1, 0.15) is 34.7 Å². The number of amides is 2. The summed E-state index contributed by atoms with van der Waals surface area (Å²) in [6.45, 7) is 4.64. The van der Waals surface area contributed by atoms with E-state index in [0.717, 1.165) is 10.9 Å². The monoisotopic (exact) mass is 353 g/mol. The van der Waals surface area contributed by atoms with E-state index in [4.69, 9.17) is 0 Å². The van der Waals surface area contributed by atoms with Gasteiger partial charge in [-0.25, -0.2) is 4.39 Å². The van der Waals surface area contributed by atoms with Crippen molar-refractivity contribution in [3.05, 3.63) is 65.6 Å². The Balaban J connectivity index is 1.78. The van der Waals surface area contributed by atoms with Gasteiger partial charge in [-0.05, 0) is 42.3 Å². The molecule has 26 heavy (non-hydrogen) atoms. The summed E-state index contributed by atoms with van der Waals surface area (Å²) in [7, 11) is 0. The van der Waals surface area contributed by atoms with Gasteiger partial charge >= 0.3 is 0 Å². The van der Waals surface area contributed by atoms with Gasteiger partial charge in [-0.1, -0.05) is 26.0 Å². The van der Waals surface area contributed by atoms with E-state index in [1.54, 1.807) is 30.3 Å². The average Bonchev–Trinajstić information content (AvgIpc) is 3.03. The first-order valence-corrected chi connectivity index (χ1v) is 8.41. The molecule has 0 bridgehead atoms. The maximum absolute atomic E-state index is 13.7. The normalized spacial score (nSPS) is 10.9. The number of aromatic nitrogens is 1. The number of nitrogens with one attached hydrogen (secondary N) is 3. The molecule has 6 heteroatoms. The topological polar surface area (TPSA) is 74.0 Å². The van der Waals surface area contributed by atoms with E-state index in [1.807, 2.05) is 13.8 Å². The largest absolute Gasteiger partial charge is 0.351 e. The van der Waals surface area contributed by atoms with Crippen LogP contribution in [0.25, 0.3) is 10.9 Å². The van der Waals surface area contributed by atoms with E-state index in [2.05, 4.69) is 15.6 Å². The molecule has 3 rings (SSSR count). The first kappa shape index (κ1) is 17.7. The van der Waals surface area contributed by atoms with E-state index in [0.29, 0.717) is 23.8 Å². The van der Waals surface area contributed by atoms with E-state index in [1.165, 1.54) is 18.2 Å². The van der Waals surface area contributed by atoms with Gasteiger partial charge in [-0.3, -0.25) is 9.59 Å². The molecule has 5 nitrogen and oxygen atoms in total. The molecule has 0 saturated heterocycles. The van der Waals surface area contributed by atoms with Crippen LogP contribution in [0.4, 0.5) is 10.1 Å². The molecule has 0 aliphatic carbocycles. The molecule has 0 spiro atoms. The Hall–Kier alpha value is -3.15. The summed E-state index contributed by atoms with van der Waals surface area (Å²) in [6.07, 6.45) is 0. The van der Waals surface area contributed by atoms with E-state index >= 15 is 0 Å². The van der Waals surface area contributed by atoms with Crippen LogP contribution in [0.15, 0.2) is 48.5 Å². The number of carbonyl (C=O) groups excluding carboxylic acids is 2. The molecular formula is C20H20FN3O2. The Morgan fingerprint density at radius 2 is 1.85 bits per heavy atom. The van der Waals surface area contributed by atoms with Crippen molar-refractivity contribution >= 4 is 28.4 Å². The third kappa shape index (κ3) is 3.91. The quantitative estimate of drug-likeness (QED) is 0.650. The minimum atomic E-state index is -0.572. The van der Waals surface area contributed by atoms with Crippen molar-refractivity contribution in [2.24, 2.45) is 5.92 Å². The number of aromatic amines is 1. The molecule has 3 N–H and O–H groups in total. The zero-order chi connectivity index (χ0) is 18.7. The molecule has 1 heterocycles. The highest BCUT2D eigenvalue weighted by Crippen LogP contribution is 2.21. The summed E-state index contributed by atoms with van der Waals surface area (Å²) in [4.78, 5) is 27.4. The summed E-state index contributed by atoms with van der Waals surface area (Å²) >= 11 is 0. The molecule has 0 radical (unpaired) electrons. The van der Waals surface area contributed by atoms with Crippen molar-refractivity contribution in [1.29, 1.82) is 0 Å². The number of rotatable bonds is 5. The summed E-state index contributed by atoms with van der Waals surface area (Å²) in [5.74, 6) is -0.903. The second kappa shape index (κ2) is 7.39. The number of anilines is 1. The second-order valence-corrected chi connectivity index (χ2v) is 6.52. The highest BCUT2D eigenvalue weighted by Gasteiger charge is 2.13. The molecule has 0 saturated carbocycles. The lowest BCUT2D eigenvalue weighted by Gasteiger charge is -2.06. The van der Waals surface area contributed by atoms with E-state index < -0.39 is 11.7 Å². The maximum atomic E-state index is 13.7. The van der Waals surface area contributed by atoms with E-state index in [9.17, 15) is 14.0 Å². The first-order valence-electron chi connectivity index (χ1n) is 8.41. The predicted octanol–water partition coefficient (Wildman–Crippen LogP) is 3.95. The molecule has 2 amide bonds. The van der Waals surface area contributed by atoms with Gasteiger partial charge in [0, 0.05) is 23.1 Å². The van der Waals surface area contributed by atoms with Crippen LogP contribution < -0.4 is 10.6 Å². The van der Waals surface area contributed by atoms with Crippen molar-refractivity contribution in [2.45, 2.75) is 13.8 Å². The number of hydrogen-bond donors (Lipinski definition) is 3. The SMILES string of the molecule is CC(C)CNC(=O)c1cc2cc(NC(=O)c3ccccc3F)ccc2[nH]1. The van der Waals surface area contributed by atoms with Crippen molar-refractivity contribution in [1.82, 2.24) is 10.3 Å². The van der Waals surface area contributed by atoms with Crippen LogP contribution in [-0.2, 0) is 0 Å².